The Morgan fingerprint density at radius 3 is 2.48 bits per heavy atom. The fourth-order valence-electron chi connectivity index (χ4n) is 1.78. The first-order valence-electron chi connectivity index (χ1n) is 7.05. The fourth-order valence-corrected chi connectivity index (χ4v) is 1.78. The van der Waals surface area contributed by atoms with E-state index in [1.54, 1.807) is 13.8 Å². The number of nitrogens with one attached hydrogen (secondary N) is 1. The summed E-state index contributed by atoms with van der Waals surface area (Å²) in [5.74, 6) is 0.334. The van der Waals surface area contributed by atoms with Gasteiger partial charge in [0.25, 0.3) is 0 Å². The molecule has 0 aliphatic heterocycles. The Kier molecular flexibility index (Phi) is 5.02. The Bertz CT molecular complexity index is 663. The average molecular weight is 327 g/mol. The van der Waals surface area contributed by atoms with Gasteiger partial charge in [-0.15, -0.1) is 0 Å². The van der Waals surface area contributed by atoms with Crippen LogP contribution in [0.3, 0.4) is 0 Å². The molecule has 1 N–H and O–H groups in total. The zero-order valence-electron chi connectivity index (χ0n) is 12.6. The van der Waals surface area contributed by atoms with Gasteiger partial charge in [0.05, 0.1) is 5.56 Å². The van der Waals surface area contributed by atoms with Crippen molar-refractivity contribution in [3.63, 3.8) is 0 Å². The Morgan fingerprint density at radius 1 is 1.26 bits per heavy atom. The first-order chi connectivity index (χ1) is 10.8. The lowest BCUT2D eigenvalue weighted by atomic mass is 10.1. The molecule has 0 unspecified atom stereocenters. The maximum absolute atomic E-state index is 12.5. The zero-order valence-corrected chi connectivity index (χ0v) is 12.6. The number of halogens is 3. The highest BCUT2D eigenvalue weighted by atomic mass is 19.4. The summed E-state index contributed by atoms with van der Waals surface area (Å²) in [7, 11) is 0. The summed E-state index contributed by atoms with van der Waals surface area (Å²) < 4.78 is 42.5. The van der Waals surface area contributed by atoms with Gasteiger partial charge in [-0.3, -0.25) is 4.79 Å². The van der Waals surface area contributed by atoms with Crippen LogP contribution >= 0.6 is 0 Å². The van der Waals surface area contributed by atoms with E-state index in [2.05, 4.69) is 15.5 Å². The maximum atomic E-state index is 12.5. The summed E-state index contributed by atoms with van der Waals surface area (Å²) in [4.78, 5) is 15.5. The van der Waals surface area contributed by atoms with Crippen molar-refractivity contribution in [2.24, 2.45) is 5.92 Å². The first kappa shape index (κ1) is 17.0. The second-order valence-corrected chi connectivity index (χ2v) is 5.28. The lowest BCUT2D eigenvalue weighted by molar-refractivity contribution is -0.137. The lowest BCUT2D eigenvalue weighted by Gasteiger charge is -2.06. The van der Waals surface area contributed by atoms with E-state index in [1.807, 2.05) is 0 Å². The summed E-state index contributed by atoms with van der Waals surface area (Å²) in [6.45, 7) is 3.92. The third-order valence-electron chi connectivity index (χ3n) is 3.10. The Labute approximate surface area is 130 Å². The van der Waals surface area contributed by atoms with Crippen molar-refractivity contribution in [3.05, 3.63) is 35.7 Å². The van der Waals surface area contributed by atoms with Crippen molar-refractivity contribution in [3.8, 4) is 11.4 Å². The molecule has 0 radical (unpaired) electrons. The molecular weight excluding hydrogens is 311 g/mol. The average Bonchev–Trinajstić information content (AvgIpc) is 2.95. The summed E-state index contributed by atoms with van der Waals surface area (Å²) in [6.07, 6.45) is -4.03. The second kappa shape index (κ2) is 6.80. The molecule has 1 aromatic heterocycles. The molecular formula is C15H16F3N3O2. The molecule has 5 nitrogen and oxygen atoms in total. The monoisotopic (exact) mass is 327 g/mol. The minimum Gasteiger partial charge on any atom is -0.355 e. The third-order valence-corrected chi connectivity index (χ3v) is 3.10. The van der Waals surface area contributed by atoms with Gasteiger partial charge in [0, 0.05) is 24.4 Å². The van der Waals surface area contributed by atoms with Crippen molar-refractivity contribution >= 4 is 5.91 Å². The number of rotatable bonds is 5. The predicted octanol–water partition coefficient (Wildman–Crippen LogP) is 3.07. The molecule has 0 fully saturated rings. The number of hydrogen-bond donors (Lipinski definition) is 1. The van der Waals surface area contributed by atoms with Crippen LogP contribution in [0.15, 0.2) is 28.8 Å². The molecule has 0 bridgehead atoms. The standard InChI is InChI=1S/C15H16F3N3O2/c1-9(2)14(22)19-8-7-12-20-13(21-23-12)10-3-5-11(6-4-10)15(16,17)18/h3-6,9H,7-8H2,1-2H3,(H,19,22). The minimum absolute atomic E-state index is 0.0764. The molecule has 0 aliphatic carbocycles. The number of nitrogens with zero attached hydrogens (tertiary/aromatic N) is 2. The lowest BCUT2D eigenvalue weighted by Crippen LogP contribution is -2.29. The quantitative estimate of drug-likeness (QED) is 0.916. The van der Waals surface area contributed by atoms with Gasteiger partial charge < -0.3 is 9.84 Å². The van der Waals surface area contributed by atoms with E-state index in [-0.39, 0.29) is 17.6 Å². The minimum atomic E-state index is -4.38. The van der Waals surface area contributed by atoms with E-state index in [0.29, 0.717) is 24.4 Å². The van der Waals surface area contributed by atoms with Gasteiger partial charge in [0.2, 0.25) is 17.6 Å². The Hall–Kier alpha value is -2.38. The largest absolute Gasteiger partial charge is 0.416 e. The number of benzene rings is 1. The van der Waals surface area contributed by atoms with Crippen molar-refractivity contribution in [1.29, 1.82) is 0 Å². The van der Waals surface area contributed by atoms with Gasteiger partial charge in [0.1, 0.15) is 0 Å². The van der Waals surface area contributed by atoms with Gasteiger partial charge >= 0.3 is 6.18 Å². The van der Waals surface area contributed by atoms with Crippen molar-refractivity contribution in [1.82, 2.24) is 15.5 Å². The van der Waals surface area contributed by atoms with Crippen LogP contribution in [0.25, 0.3) is 11.4 Å². The molecule has 124 valence electrons. The molecule has 0 saturated heterocycles. The topological polar surface area (TPSA) is 68.0 Å². The van der Waals surface area contributed by atoms with E-state index in [1.165, 1.54) is 12.1 Å². The molecule has 1 amide bonds. The molecule has 1 aromatic carbocycles. The zero-order chi connectivity index (χ0) is 17.0. The number of aromatic nitrogens is 2. The number of alkyl halides is 3. The highest BCUT2D eigenvalue weighted by Gasteiger charge is 2.30. The molecule has 2 aromatic rings. The van der Waals surface area contributed by atoms with Crippen molar-refractivity contribution < 1.29 is 22.5 Å². The highest BCUT2D eigenvalue weighted by molar-refractivity contribution is 5.77. The number of carbonyl (C=O) groups excluding carboxylic acids is 1. The van der Waals surface area contributed by atoms with Crippen molar-refractivity contribution in [2.45, 2.75) is 26.4 Å². The van der Waals surface area contributed by atoms with Crippen LogP contribution in [-0.2, 0) is 17.4 Å². The van der Waals surface area contributed by atoms with E-state index in [4.69, 9.17) is 4.52 Å². The van der Waals surface area contributed by atoms with E-state index >= 15 is 0 Å². The summed E-state index contributed by atoms with van der Waals surface area (Å²) in [5.41, 5.74) is -0.305. The molecule has 0 spiro atoms. The van der Waals surface area contributed by atoms with Crippen LogP contribution in [-0.4, -0.2) is 22.6 Å². The maximum Gasteiger partial charge on any atom is 0.416 e. The van der Waals surface area contributed by atoms with Gasteiger partial charge in [-0.1, -0.05) is 31.1 Å². The van der Waals surface area contributed by atoms with E-state index < -0.39 is 11.7 Å². The highest BCUT2D eigenvalue weighted by Crippen LogP contribution is 2.30. The summed E-state index contributed by atoms with van der Waals surface area (Å²) in [6, 6.07) is 4.51. The fraction of sp³-hybridized carbons (Fsp3) is 0.400. The number of amides is 1. The molecule has 0 aliphatic rings. The molecule has 1 heterocycles. The van der Waals surface area contributed by atoms with Gasteiger partial charge in [-0.05, 0) is 12.1 Å². The first-order valence-corrected chi connectivity index (χ1v) is 7.05. The second-order valence-electron chi connectivity index (χ2n) is 5.28. The van der Waals surface area contributed by atoms with Crippen LogP contribution in [0.4, 0.5) is 13.2 Å². The summed E-state index contributed by atoms with van der Waals surface area (Å²) in [5, 5.41) is 6.44. The molecule has 8 heteroatoms. The molecule has 0 atom stereocenters. The number of hydrogen-bond acceptors (Lipinski definition) is 4. The van der Waals surface area contributed by atoms with Gasteiger partial charge in [0.15, 0.2) is 0 Å². The van der Waals surface area contributed by atoms with Crippen LogP contribution in [0.2, 0.25) is 0 Å². The van der Waals surface area contributed by atoms with Crippen molar-refractivity contribution in [2.75, 3.05) is 6.54 Å². The third kappa shape index (κ3) is 4.54. The smallest absolute Gasteiger partial charge is 0.355 e. The number of carbonyl (C=O) groups is 1. The predicted molar refractivity (Wildman–Crippen MR) is 76.3 cm³/mol. The SMILES string of the molecule is CC(C)C(=O)NCCc1nc(-c2ccc(C(F)(F)F)cc2)no1. The normalized spacial score (nSPS) is 11.7. The Balaban J connectivity index is 1.98. The van der Waals surface area contributed by atoms with E-state index in [9.17, 15) is 18.0 Å². The molecule has 2 rings (SSSR count). The van der Waals surface area contributed by atoms with Gasteiger partial charge in [-0.2, -0.15) is 18.2 Å². The van der Waals surface area contributed by atoms with Crippen LogP contribution in [0.1, 0.15) is 25.3 Å². The van der Waals surface area contributed by atoms with Crippen LogP contribution in [0.5, 0.6) is 0 Å². The van der Waals surface area contributed by atoms with Gasteiger partial charge in [-0.25, -0.2) is 0 Å². The summed E-state index contributed by atoms with van der Waals surface area (Å²) >= 11 is 0. The van der Waals surface area contributed by atoms with E-state index in [0.717, 1.165) is 12.1 Å². The molecule has 23 heavy (non-hydrogen) atoms. The van der Waals surface area contributed by atoms with Crippen LogP contribution < -0.4 is 5.32 Å². The van der Waals surface area contributed by atoms with Crippen LogP contribution in [0, 0.1) is 5.92 Å². The Morgan fingerprint density at radius 2 is 1.91 bits per heavy atom. The molecule has 0 saturated carbocycles.